The number of carbonyl (C=O) groups excluding carboxylic acids is 1. The van der Waals surface area contributed by atoms with Crippen molar-refractivity contribution < 1.29 is 13.9 Å². The van der Waals surface area contributed by atoms with Crippen molar-refractivity contribution in [1.82, 2.24) is 4.98 Å². The molecule has 32 heavy (non-hydrogen) atoms. The Balaban J connectivity index is 1.59. The maximum absolute atomic E-state index is 13.3. The van der Waals surface area contributed by atoms with E-state index in [4.69, 9.17) is 9.15 Å². The van der Waals surface area contributed by atoms with E-state index in [1.165, 1.54) is 6.07 Å². The molecule has 5 aromatic rings. The van der Waals surface area contributed by atoms with Gasteiger partial charge in [0.25, 0.3) is 0 Å². The number of aromatic nitrogens is 1. The number of ether oxygens (including phenoxy) is 1. The van der Waals surface area contributed by atoms with Crippen LogP contribution in [-0.2, 0) is 17.8 Å². The van der Waals surface area contributed by atoms with E-state index in [1.54, 1.807) is 6.07 Å². The fourth-order valence-electron chi connectivity index (χ4n) is 4.31. The van der Waals surface area contributed by atoms with Crippen molar-refractivity contribution in [3.8, 4) is 0 Å². The van der Waals surface area contributed by atoms with Gasteiger partial charge in [-0.05, 0) is 41.8 Å². The lowest BCUT2D eigenvalue weighted by molar-refractivity contribution is 0.0475. The molecule has 0 saturated heterocycles. The van der Waals surface area contributed by atoms with Crippen molar-refractivity contribution in [3.63, 3.8) is 0 Å². The van der Waals surface area contributed by atoms with Crippen LogP contribution >= 0.6 is 0 Å². The average Bonchev–Trinajstić information content (AvgIpc) is 2.81. The summed E-state index contributed by atoms with van der Waals surface area (Å²) in [6.45, 7) is 3.88. The second kappa shape index (κ2) is 7.93. The summed E-state index contributed by atoms with van der Waals surface area (Å²) in [5.41, 5.74) is 3.58. The maximum atomic E-state index is 13.3. The minimum Gasteiger partial charge on any atom is -0.457 e. The van der Waals surface area contributed by atoms with Crippen LogP contribution in [-0.4, -0.2) is 11.0 Å². The van der Waals surface area contributed by atoms with Gasteiger partial charge in [-0.25, -0.2) is 9.59 Å². The first-order chi connectivity index (χ1) is 15.6. The van der Waals surface area contributed by atoms with E-state index in [0.717, 1.165) is 38.3 Å². The Morgan fingerprint density at radius 3 is 2.56 bits per heavy atom. The maximum Gasteiger partial charge on any atom is 0.339 e. The molecule has 0 spiro atoms. The number of fused-ring (bicyclic) bond motifs is 4. The van der Waals surface area contributed by atoms with Crippen molar-refractivity contribution in [2.45, 2.75) is 26.9 Å². The van der Waals surface area contributed by atoms with Gasteiger partial charge in [0, 0.05) is 28.1 Å². The minimum absolute atomic E-state index is 0.0352. The van der Waals surface area contributed by atoms with Crippen LogP contribution in [0.1, 0.15) is 34.1 Å². The molecule has 0 amide bonds. The smallest absolute Gasteiger partial charge is 0.339 e. The van der Waals surface area contributed by atoms with Crippen LogP contribution < -0.4 is 5.63 Å². The summed E-state index contributed by atoms with van der Waals surface area (Å²) >= 11 is 0. The van der Waals surface area contributed by atoms with Crippen LogP contribution in [0.3, 0.4) is 0 Å². The Bertz CT molecular complexity index is 1570. The molecule has 5 heteroatoms. The summed E-state index contributed by atoms with van der Waals surface area (Å²) in [6, 6.07) is 20.5. The molecule has 158 valence electrons. The highest BCUT2D eigenvalue weighted by molar-refractivity contribution is 6.07. The van der Waals surface area contributed by atoms with Crippen LogP contribution in [0.4, 0.5) is 0 Å². The molecule has 0 unspecified atom stereocenters. The Hall–Kier alpha value is -3.99. The molecule has 0 aliphatic carbocycles. The minimum atomic E-state index is -0.474. The molecule has 2 aromatic heterocycles. The second-order valence-corrected chi connectivity index (χ2v) is 7.76. The van der Waals surface area contributed by atoms with E-state index < -0.39 is 11.6 Å². The zero-order valence-electron chi connectivity index (χ0n) is 17.8. The number of rotatable bonds is 4. The largest absolute Gasteiger partial charge is 0.457 e. The van der Waals surface area contributed by atoms with Gasteiger partial charge in [-0.15, -0.1) is 0 Å². The van der Waals surface area contributed by atoms with Crippen molar-refractivity contribution in [3.05, 3.63) is 99.5 Å². The predicted molar refractivity (Wildman–Crippen MR) is 125 cm³/mol. The van der Waals surface area contributed by atoms with Crippen molar-refractivity contribution in [1.29, 1.82) is 0 Å². The van der Waals surface area contributed by atoms with E-state index in [2.05, 4.69) is 4.98 Å². The number of carbonyl (C=O) groups is 1. The summed E-state index contributed by atoms with van der Waals surface area (Å²) < 4.78 is 11.2. The van der Waals surface area contributed by atoms with Gasteiger partial charge in [0.2, 0.25) is 0 Å². The van der Waals surface area contributed by atoms with Gasteiger partial charge < -0.3 is 9.15 Å². The number of benzene rings is 3. The van der Waals surface area contributed by atoms with E-state index in [1.807, 2.05) is 68.4 Å². The monoisotopic (exact) mass is 423 g/mol. The van der Waals surface area contributed by atoms with Crippen LogP contribution in [0.25, 0.3) is 32.6 Å². The number of hydrogen-bond acceptors (Lipinski definition) is 5. The van der Waals surface area contributed by atoms with E-state index in [0.29, 0.717) is 23.1 Å². The highest BCUT2D eigenvalue weighted by atomic mass is 16.5. The zero-order valence-corrected chi connectivity index (χ0v) is 17.8. The van der Waals surface area contributed by atoms with E-state index >= 15 is 0 Å². The number of esters is 1. The summed E-state index contributed by atoms with van der Waals surface area (Å²) in [5, 5.41) is 3.50. The average molecular weight is 423 g/mol. The van der Waals surface area contributed by atoms with E-state index in [-0.39, 0.29) is 6.61 Å². The van der Waals surface area contributed by atoms with Gasteiger partial charge in [0.15, 0.2) is 0 Å². The molecule has 5 rings (SSSR count). The third-order valence-corrected chi connectivity index (χ3v) is 5.85. The molecular weight excluding hydrogens is 402 g/mol. The Morgan fingerprint density at radius 1 is 1.00 bits per heavy atom. The molecule has 0 aliphatic rings. The van der Waals surface area contributed by atoms with Crippen LogP contribution in [0, 0.1) is 6.92 Å². The van der Waals surface area contributed by atoms with Gasteiger partial charge in [0.05, 0.1) is 11.1 Å². The van der Waals surface area contributed by atoms with Gasteiger partial charge in [0.1, 0.15) is 12.2 Å². The highest BCUT2D eigenvalue weighted by Gasteiger charge is 2.19. The number of para-hydroxylation sites is 1. The third kappa shape index (κ3) is 3.32. The molecule has 0 aliphatic heterocycles. The number of pyridine rings is 1. The van der Waals surface area contributed by atoms with Crippen molar-refractivity contribution in [2.24, 2.45) is 0 Å². The summed E-state index contributed by atoms with van der Waals surface area (Å²) in [4.78, 5) is 30.1. The third-order valence-electron chi connectivity index (χ3n) is 5.85. The van der Waals surface area contributed by atoms with Gasteiger partial charge in [-0.3, -0.25) is 4.98 Å². The number of nitrogens with zero attached hydrogens (tertiary/aromatic N) is 1. The molecule has 0 atom stereocenters. The molecule has 0 bridgehead atoms. The normalized spacial score (nSPS) is 11.3. The molecule has 0 radical (unpaired) electrons. The topological polar surface area (TPSA) is 69.4 Å². The summed E-state index contributed by atoms with van der Waals surface area (Å²) in [7, 11) is 0. The van der Waals surface area contributed by atoms with Crippen molar-refractivity contribution in [2.75, 3.05) is 0 Å². The predicted octanol–water partition coefficient (Wildman–Crippen LogP) is 5.72. The summed E-state index contributed by atoms with van der Waals surface area (Å²) in [5.74, 6) is -0.433. The molecule has 0 N–H and O–H groups in total. The van der Waals surface area contributed by atoms with E-state index in [9.17, 15) is 9.59 Å². The fraction of sp³-hybridized carbons (Fsp3) is 0.148. The molecule has 0 saturated carbocycles. The lowest BCUT2D eigenvalue weighted by Crippen LogP contribution is -2.12. The zero-order chi connectivity index (χ0) is 22.2. The highest BCUT2D eigenvalue weighted by Crippen LogP contribution is 2.29. The Morgan fingerprint density at radius 2 is 1.75 bits per heavy atom. The molecule has 0 fully saturated rings. The Kier molecular flexibility index (Phi) is 4.94. The summed E-state index contributed by atoms with van der Waals surface area (Å²) in [6.07, 6.45) is 0.716. The fourth-order valence-corrected chi connectivity index (χ4v) is 4.31. The molecule has 5 nitrogen and oxygen atoms in total. The lowest BCUT2D eigenvalue weighted by Gasteiger charge is -2.14. The molecular formula is C27H21NO4. The standard InChI is InChI=1S/C27H21NO4/c1-3-21-16(2)25(20-10-6-7-11-22(20)28-21)27(30)31-15-18-14-24(29)32-23-13-12-17-8-4-5-9-19(17)26(18)23/h4-14H,3,15H2,1-2H3. The van der Waals surface area contributed by atoms with Gasteiger partial charge in [-0.2, -0.15) is 0 Å². The quantitative estimate of drug-likeness (QED) is 0.210. The SMILES string of the molecule is CCc1nc2ccccc2c(C(=O)OCc2cc(=O)oc3ccc4ccccc4c23)c1C. The first-order valence-corrected chi connectivity index (χ1v) is 10.6. The van der Waals surface area contributed by atoms with Crippen LogP contribution in [0.5, 0.6) is 0 Å². The first-order valence-electron chi connectivity index (χ1n) is 10.6. The first kappa shape index (κ1) is 19.9. The Labute approximate surface area is 184 Å². The number of hydrogen-bond donors (Lipinski definition) is 0. The van der Waals surface area contributed by atoms with Crippen LogP contribution in [0.15, 0.2) is 75.9 Å². The lowest BCUT2D eigenvalue weighted by atomic mass is 10.00. The number of aryl methyl sites for hydroxylation is 1. The second-order valence-electron chi connectivity index (χ2n) is 7.76. The molecule has 3 aromatic carbocycles. The van der Waals surface area contributed by atoms with Crippen molar-refractivity contribution >= 4 is 38.6 Å². The van der Waals surface area contributed by atoms with Gasteiger partial charge >= 0.3 is 11.6 Å². The van der Waals surface area contributed by atoms with Crippen LogP contribution in [0.2, 0.25) is 0 Å². The molecule has 2 heterocycles. The van der Waals surface area contributed by atoms with Gasteiger partial charge in [-0.1, -0.05) is 55.5 Å².